The minimum atomic E-state index is -0.351. The molecule has 124 valence electrons. The minimum absolute atomic E-state index is 0.152. The van der Waals surface area contributed by atoms with E-state index in [-0.39, 0.29) is 24.2 Å². The van der Waals surface area contributed by atoms with Crippen LogP contribution in [-0.4, -0.2) is 26.0 Å². The smallest absolute Gasteiger partial charge is 0.237 e. The molecule has 3 rings (SSSR count). The number of methoxy groups -OCH3 is 2. The van der Waals surface area contributed by atoms with Gasteiger partial charge in [0, 0.05) is 6.42 Å². The summed E-state index contributed by atoms with van der Waals surface area (Å²) in [7, 11) is 3.15. The molecule has 1 aliphatic rings. The van der Waals surface area contributed by atoms with Gasteiger partial charge in [-0.3, -0.25) is 14.5 Å². The molecule has 1 heterocycles. The Morgan fingerprint density at radius 3 is 2.38 bits per heavy atom. The molecular formula is C19H19NO4. The summed E-state index contributed by atoms with van der Waals surface area (Å²) in [4.78, 5) is 26.2. The molecule has 0 aromatic heterocycles. The lowest BCUT2D eigenvalue weighted by Gasteiger charge is -2.15. The first-order valence-electron chi connectivity index (χ1n) is 7.76. The van der Waals surface area contributed by atoms with Crippen molar-refractivity contribution >= 4 is 17.5 Å². The number of rotatable bonds is 5. The maximum absolute atomic E-state index is 12.6. The van der Waals surface area contributed by atoms with Crippen LogP contribution in [0.4, 0.5) is 5.69 Å². The van der Waals surface area contributed by atoms with E-state index in [2.05, 4.69) is 0 Å². The molecule has 5 nitrogen and oxygen atoms in total. The molecule has 2 aromatic carbocycles. The van der Waals surface area contributed by atoms with Crippen molar-refractivity contribution in [2.24, 2.45) is 5.92 Å². The van der Waals surface area contributed by atoms with E-state index in [0.717, 1.165) is 5.56 Å². The van der Waals surface area contributed by atoms with Gasteiger partial charge in [-0.2, -0.15) is 0 Å². The van der Waals surface area contributed by atoms with Crippen LogP contribution in [0, 0.1) is 5.92 Å². The summed E-state index contributed by atoms with van der Waals surface area (Å²) >= 11 is 0. The molecule has 0 radical (unpaired) electrons. The van der Waals surface area contributed by atoms with E-state index in [4.69, 9.17) is 9.47 Å². The largest absolute Gasteiger partial charge is 0.493 e. The maximum atomic E-state index is 12.6. The van der Waals surface area contributed by atoms with E-state index in [1.54, 1.807) is 26.4 Å². The molecule has 1 fully saturated rings. The average molecular weight is 325 g/mol. The number of hydrogen-bond acceptors (Lipinski definition) is 4. The zero-order valence-corrected chi connectivity index (χ0v) is 13.7. The number of hydrogen-bond donors (Lipinski definition) is 0. The van der Waals surface area contributed by atoms with Gasteiger partial charge >= 0.3 is 0 Å². The fourth-order valence-electron chi connectivity index (χ4n) is 2.99. The van der Waals surface area contributed by atoms with Crippen LogP contribution >= 0.6 is 0 Å². The molecule has 2 aromatic rings. The number of nitrogens with zero attached hydrogens (tertiary/aromatic N) is 1. The van der Waals surface area contributed by atoms with Gasteiger partial charge in [-0.05, 0) is 36.2 Å². The highest BCUT2D eigenvalue weighted by Crippen LogP contribution is 2.32. The normalized spacial score (nSPS) is 17.2. The SMILES string of the molecule is COc1ccc(CC2CC(=O)N(c3ccccc3)C2=O)cc1OC. The summed E-state index contributed by atoms with van der Waals surface area (Å²) in [5.41, 5.74) is 1.57. The van der Waals surface area contributed by atoms with Gasteiger partial charge in [0.2, 0.25) is 11.8 Å². The molecule has 5 heteroatoms. The van der Waals surface area contributed by atoms with Gasteiger partial charge in [0.1, 0.15) is 0 Å². The Kier molecular flexibility index (Phi) is 4.51. The van der Waals surface area contributed by atoms with Gasteiger partial charge in [0.05, 0.1) is 25.8 Å². The summed E-state index contributed by atoms with van der Waals surface area (Å²) < 4.78 is 10.5. The third-order valence-electron chi connectivity index (χ3n) is 4.18. The van der Waals surface area contributed by atoms with Crippen LogP contribution in [0.25, 0.3) is 0 Å². The fourth-order valence-corrected chi connectivity index (χ4v) is 2.99. The molecule has 1 unspecified atom stereocenters. The summed E-state index contributed by atoms with van der Waals surface area (Å²) in [6.07, 6.45) is 0.719. The molecule has 1 saturated heterocycles. The predicted octanol–water partition coefficient (Wildman–Crippen LogP) is 2.83. The molecule has 2 amide bonds. The summed E-state index contributed by atoms with van der Waals surface area (Å²) in [5, 5.41) is 0. The average Bonchev–Trinajstić information content (AvgIpc) is 2.89. The van der Waals surface area contributed by atoms with E-state index in [1.807, 2.05) is 36.4 Å². The number of carbonyl (C=O) groups excluding carboxylic acids is 2. The van der Waals surface area contributed by atoms with Gasteiger partial charge in [-0.15, -0.1) is 0 Å². The van der Waals surface area contributed by atoms with Crippen molar-refractivity contribution in [3.05, 3.63) is 54.1 Å². The van der Waals surface area contributed by atoms with Crippen molar-refractivity contribution in [3.8, 4) is 11.5 Å². The van der Waals surface area contributed by atoms with Crippen LogP contribution in [0.1, 0.15) is 12.0 Å². The van der Waals surface area contributed by atoms with E-state index in [9.17, 15) is 9.59 Å². The summed E-state index contributed by atoms with van der Waals surface area (Å²) in [5.74, 6) is 0.598. The number of para-hydroxylation sites is 1. The molecule has 24 heavy (non-hydrogen) atoms. The van der Waals surface area contributed by atoms with Crippen LogP contribution in [0.5, 0.6) is 11.5 Å². The van der Waals surface area contributed by atoms with Crippen molar-refractivity contribution in [1.82, 2.24) is 0 Å². The molecule has 0 spiro atoms. The van der Waals surface area contributed by atoms with E-state index >= 15 is 0 Å². The van der Waals surface area contributed by atoms with Gasteiger partial charge in [0.15, 0.2) is 11.5 Å². The molecule has 0 bridgehead atoms. The van der Waals surface area contributed by atoms with Crippen LogP contribution in [-0.2, 0) is 16.0 Å². The molecule has 1 atom stereocenters. The standard InChI is InChI=1S/C19H19NO4/c1-23-16-9-8-13(11-17(16)24-2)10-14-12-18(21)20(19(14)22)15-6-4-3-5-7-15/h3-9,11,14H,10,12H2,1-2H3. The highest BCUT2D eigenvalue weighted by molar-refractivity contribution is 6.20. The lowest BCUT2D eigenvalue weighted by atomic mass is 9.97. The highest BCUT2D eigenvalue weighted by Gasteiger charge is 2.39. The lowest BCUT2D eigenvalue weighted by Crippen LogP contribution is -2.30. The van der Waals surface area contributed by atoms with Crippen molar-refractivity contribution in [2.75, 3.05) is 19.1 Å². The molecule has 0 saturated carbocycles. The molecule has 1 aliphatic heterocycles. The maximum Gasteiger partial charge on any atom is 0.237 e. The number of carbonyl (C=O) groups is 2. The van der Waals surface area contributed by atoms with Crippen molar-refractivity contribution in [1.29, 1.82) is 0 Å². The van der Waals surface area contributed by atoms with E-state index in [0.29, 0.717) is 23.6 Å². The molecule has 0 aliphatic carbocycles. The van der Waals surface area contributed by atoms with Crippen LogP contribution in [0.15, 0.2) is 48.5 Å². The van der Waals surface area contributed by atoms with Crippen molar-refractivity contribution < 1.29 is 19.1 Å². The van der Waals surface area contributed by atoms with Crippen LogP contribution in [0.2, 0.25) is 0 Å². The quantitative estimate of drug-likeness (QED) is 0.793. The highest BCUT2D eigenvalue weighted by atomic mass is 16.5. The van der Waals surface area contributed by atoms with Crippen LogP contribution in [0.3, 0.4) is 0 Å². The summed E-state index contributed by atoms with van der Waals surface area (Å²) in [6.45, 7) is 0. The van der Waals surface area contributed by atoms with Gasteiger partial charge < -0.3 is 9.47 Å². The molecular weight excluding hydrogens is 306 g/mol. The fraction of sp³-hybridized carbons (Fsp3) is 0.263. The minimum Gasteiger partial charge on any atom is -0.493 e. The zero-order valence-electron chi connectivity index (χ0n) is 13.7. The second-order valence-corrected chi connectivity index (χ2v) is 5.70. The van der Waals surface area contributed by atoms with Gasteiger partial charge in [-0.25, -0.2) is 0 Å². The Morgan fingerprint density at radius 1 is 1.00 bits per heavy atom. The Hall–Kier alpha value is -2.82. The number of amides is 2. The van der Waals surface area contributed by atoms with Gasteiger partial charge in [-0.1, -0.05) is 24.3 Å². The second-order valence-electron chi connectivity index (χ2n) is 5.70. The first kappa shape index (κ1) is 16.1. The second kappa shape index (κ2) is 6.74. The lowest BCUT2D eigenvalue weighted by molar-refractivity contribution is -0.122. The monoisotopic (exact) mass is 325 g/mol. The van der Waals surface area contributed by atoms with E-state index in [1.165, 1.54) is 4.90 Å². The Bertz CT molecular complexity index is 757. The first-order valence-corrected chi connectivity index (χ1v) is 7.76. The Labute approximate surface area is 140 Å². The van der Waals surface area contributed by atoms with Crippen molar-refractivity contribution in [2.45, 2.75) is 12.8 Å². The number of anilines is 1. The summed E-state index contributed by atoms with van der Waals surface area (Å²) in [6, 6.07) is 14.6. The van der Waals surface area contributed by atoms with Crippen molar-refractivity contribution in [3.63, 3.8) is 0 Å². The first-order chi connectivity index (χ1) is 11.6. The third-order valence-corrected chi connectivity index (χ3v) is 4.18. The Balaban J connectivity index is 1.80. The number of ether oxygens (including phenoxy) is 2. The van der Waals surface area contributed by atoms with Crippen LogP contribution < -0.4 is 14.4 Å². The predicted molar refractivity (Wildman–Crippen MR) is 90.3 cm³/mol. The molecule has 0 N–H and O–H groups in total. The van der Waals surface area contributed by atoms with Gasteiger partial charge in [0.25, 0.3) is 0 Å². The zero-order chi connectivity index (χ0) is 17.1. The Morgan fingerprint density at radius 2 is 1.71 bits per heavy atom. The van der Waals surface area contributed by atoms with E-state index < -0.39 is 0 Å². The third kappa shape index (κ3) is 2.97. The number of imide groups is 1. The number of benzene rings is 2. The topological polar surface area (TPSA) is 55.8 Å².